The van der Waals surface area contributed by atoms with Gasteiger partial charge < -0.3 is 14.9 Å². The third kappa shape index (κ3) is 5.94. The van der Waals surface area contributed by atoms with E-state index in [2.05, 4.69) is 55.4 Å². The van der Waals surface area contributed by atoms with Crippen LogP contribution in [-0.2, 0) is 11.3 Å². The molecule has 41 heavy (non-hydrogen) atoms. The number of nitrogens with zero attached hydrogens (tertiary/aromatic N) is 4. The van der Waals surface area contributed by atoms with E-state index in [0.29, 0.717) is 25.6 Å². The van der Waals surface area contributed by atoms with Gasteiger partial charge in [-0.05, 0) is 67.0 Å². The summed E-state index contributed by atoms with van der Waals surface area (Å²) in [5.41, 5.74) is 2.67. The van der Waals surface area contributed by atoms with Gasteiger partial charge in [0.1, 0.15) is 5.82 Å². The summed E-state index contributed by atoms with van der Waals surface area (Å²) in [7, 11) is 0. The molecule has 7 nitrogen and oxygen atoms in total. The maximum absolute atomic E-state index is 13.5. The average molecular weight is 563 g/mol. The number of hydrogen-bond acceptors (Lipinski definition) is 4. The molecule has 2 aliphatic heterocycles. The molecule has 2 aliphatic rings. The summed E-state index contributed by atoms with van der Waals surface area (Å²) in [4.78, 5) is 25.7. The van der Waals surface area contributed by atoms with Gasteiger partial charge >= 0.3 is 0 Å². The molecule has 0 spiro atoms. The highest BCUT2D eigenvalue weighted by molar-refractivity contribution is 5.91. The predicted octanol–water partition coefficient (Wildman–Crippen LogP) is 5.61. The second kappa shape index (κ2) is 11.9. The predicted molar refractivity (Wildman–Crippen MR) is 151 cm³/mol. The summed E-state index contributed by atoms with van der Waals surface area (Å²) in [6.45, 7) is 3.70. The smallest absolute Gasteiger partial charge is 0.246 e. The molecule has 1 amide bonds. The second-order valence-corrected chi connectivity index (χ2v) is 10.8. The van der Waals surface area contributed by atoms with Gasteiger partial charge in [-0.1, -0.05) is 18.2 Å². The highest BCUT2D eigenvalue weighted by Gasteiger charge is 2.33. The van der Waals surface area contributed by atoms with Gasteiger partial charge in [-0.3, -0.25) is 4.79 Å². The van der Waals surface area contributed by atoms with Crippen molar-refractivity contribution in [2.24, 2.45) is 0 Å². The monoisotopic (exact) mass is 562 g/mol. The zero-order valence-electron chi connectivity index (χ0n) is 22.7. The minimum atomic E-state index is -1.52. The molecule has 10 heteroatoms. The number of aromatic amines is 2. The molecule has 0 aliphatic carbocycles. The summed E-state index contributed by atoms with van der Waals surface area (Å²) < 4.78 is 40.3. The van der Waals surface area contributed by atoms with Crippen molar-refractivity contribution in [3.8, 4) is 0 Å². The van der Waals surface area contributed by atoms with Crippen molar-refractivity contribution in [2.75, 3.05) is 26.2 Å². The first-order valence-electron chi connectivity index (χ1n) is 14.1. The fraction of sp³-hybridized carbons (Fsp3) is 0.355. The molecule has 0 unspecified atom stereocenters. The number of amides is 1. The van der Waals surface area contributed by atoms with Crippen molar-refractivity contribution in [2.45, 2.75) is 44.2 Å². The van der Waals surface area contributed by atoms with Crippen molar-refractivity contribution < 1.29 is 18.0 Å². The summed E-state index contributed by atoms with van der Waals surface area (Å²) in [5, 5.41) is 6.18. The minimum Gasteiger partial charge on any atom is -0.361 e. The molecule has 2 saturated heterocycles. The van der Waals surface area contributed by atoms with Crippen LogP contribution < -0.4 is 0 Å². The fourth-order valence-corrected chi connectivity index (χ4v) is 6.19. The molecule has 0 atom stereocenters. The Kier molecular flexibility index (Phi) is 7.93. The molecule has 0 saturated carbocycles. The molecule has 2 fully saturated rings. The first-order chi connectivity index (χ1) is 20.0. The quantitative estimate of drug-likeness (QED) is 0.227. The first kappa shape index (κ1) is 27.3. The Morgan fingerprint density at radius 2 is 1.73 bits per heavy atom. The van der Waals surface area contributed by atoms with Gasteiger partial charge in [0.2, 0.25) is 5.91 Å². The van der Waals surface area contributed by atoms with Gasteiger partial charge in [-0.25, -0.2) is 28.2 Å². The van der Waals surface area contributed by atoms with Crippen LogP contribution in [0.2, 0.25) is 0 Å². The van der Waals surface area contributed by atoms with Crippen LogP contribution in [0.5, 0.6) is 0 Å². The maximum Gasteiger partial charge on any atom is 0.246 e. The number of para-hydroxylation sites is 1. The largest absolute Gasteiger partial charge is 0.361 e. The van der Waals surface area contributed by atoms with E-state index in [1.807, 2.05) is 6.20 Å². The number of carbonyl (C=O) groups excluding carboxylic acids is 1. The van der Waals surface area contributed by atoms with Crippen molar-refractivity contribution >= 4 is 22.9 Å². The van der Waals surface area contributed by atoms with Gasteiger partial charge in [0, 0.05) is 67.8 Å². The lowest BCUT2D eigenvalue weighted by Gasteiger charge is -2.46. The SMILES string of the molecule is O=C(C=Cc1cc(F)c(F)c(F)c1)N1CCC(N(Cc2ncc[nH]2)N2CCC(c3c[nH]c4ccccc34)CC2)CC1. The van der Waals surface area contributed by atoms with Crippen molar-refractivity contribution in [1.82, 2.24) is 29.9 Å². The summed E-state index contributed by atoms with van der Waals surface area (Å²) in [5.74, 6) is -2.89. The third-order valence-corrected chi connectivity index (χ3v) is 8.38. The topological polar surface area (TPSA) is 71.3 Å². The number of benzene rings is 2. The van der Waals surface area contributed by atoms with Crippen LogP contribution in [0.1, 0.15) is 48.6 Å². The zero-order valence-corrected chi connectivity index (χ0v) is 22.7. The van der Waals surface area contributed by atoms with Gasteiger partial charge in [-0.2, -0.15) is 0 Å². The lowest BCUT2D eigenvalue weighted by Crippen LogP contribution is -2.54. The number of aromatic nitrogens is 3. The number of rotatable bonds is 7. The molecule has 2 aromatic heterocycles. The number of nitrogens with one attached hydrogen (secondary N) is 2. The molecule has 2 aromatic carbocycles. The standard InChI is InChI=1S/C31H33F3N6O/c32-26-17-21(18-27(33)31(26)34)5-6-30(41)38-13-9-23(10-14-38)40(20-29-35-11-12-36-29)39-15-7-22(8-16-39)25-19-37-28-4-2-1-3-24(25)28/h1-6,11-12,17-19,22-23,37H,7-10,13-16,20H2,(H,35,36). The highest BCUT2D eigenvalue weighted by Crippen LogP contribution is 2.34. The number of halogens is 3. The molecule has 0 radical (unpaired) electrons. The van der Waals surface area contributed by atoms with Gasteiger partial charge in [0.25, 0.3) is 0 Å². The highest BCUT2D eigenvalue weighted by atomic mass is 19.2. The number of likely N-dealkylation sites (tertiary alicyclic amines) is 1. The Labute approximate surface area is 236 Å². The van der Waals surface area contributed by atoms with E-state index in [1.165, 1.54) is 28.6 Å². The minimum absolute atomic E-state index is 0.102. The number of imidazole rings is 1. The number of fused-ring (bicyclic) bond motifs is 1. The molecular weight excluding hydrogens is 529 g/mol. The van der Waals surface area contributed by atoms with Crippen LogP contribution in [-0.4, -0.2) is 68.0 Å². The number of hydrogen-bond donors (Lipinski definition) is 2. The van der Waals surface area contributed by atoms with Crippen molar-refractivity contribution in [3.63, 3.8) is 0 Å². The van der Waals surface area contributed by atoms with E-state index in [9.17, 15) is 18.0 Å². The Morgan fingerprint density at radius 3 is 2.44 bits per heavy atom. The molecule has 0 bridgehead atoms. The Balaban J connectivity index is 1.09. The van der Waals surface area contributed by atoms with Crippen LogP contribution in [0.25, 0.3) is 17.0 Å². The normalized spacial score (nSPS) is 17.8. The van der Waals surface area contributed by atoms with Crippen LogP contribution in [0, 0.1) is 17.5 Å². The van der Waals surface area contributed by atoms with E-state index >= 15 is 0 Å². The fourth-order valence-electron chi connectivity index (χ4n) is 6.19. The lowest BCUT2D eigenvalue weighted by molar-refractivity contribution is -0.131. The molecule has 4 aromatic rings. The van der Waals surface area contributed by atoms with Gasteiger partial charge in [0.15, 0.2) is 17.5 Å². The summed E-state index contributed by atoms with van der Waals surface area (Å²) in [6.07, 6.45) is 12.1. The van der Waals surface area contributed by atoms with E-state index in [1.54, 1.807) is 11.1 Å². The van der Waals surface area contributed by atoms with Gasteiger partial charge in [0.05, 0.1) is 6.54 Å². The number of carbonyl (C=O) groups is 1. The summed E-state index contributed by atoms with van der Waals surface area (Å²) >= 11 is 0. The number of piperidine rings is 2. The van der Waals surface area contributed by atoms with Gasteiger partial charge in [-0.15, -0.1) is 0 Å². The molecule has 2 N–H and O–H groups in total. The molecule has 6 rings (SSSR count). The van der Waals surface area contributed by atoms with E-state index in [-0.39, 0.29) is 17.5 Å². The van der Waals surface area contributed by atoms with Crippen LogP contribution >= 0.6 is 0 Å². The van der Waals surface area contributed by atoms with E-state index in [0.717, 1.165) is 56.7 Å². The molecular formula is C31H33F3N6O. The van der Waals surface area contributed by atoms with Crippen molar-refractivity contribution in [1.29, 1.82) is 0 Å². The molecule has 214 valence electrons. The van der Waals surface area contributed by atoms with Crippen LogP contribution in [0.15, 0.2) is 61.1 Å². The lowest BCUT2D eigenvalue weighted by atomic mass is 9.89. The second-order valence-electron chi connectivity index (χ2n) is 10.8. The van der Waals surface area contributed by atoms with E-state index in [4.69, 9.17) is 0 Å². The summed E-state index contributed by atoms with van der Waals surface area (Å²) in [6, 6.07) is 10.5. The molecule has 4 heterocycles. The Bertz CT molecular complexity index is 1490. The number of hydrazine groups is 1. The van der Waals surface area contributed by atoms with E-state index < -0.39 is 17.5 Å². The van der Waals surface area contributed by atoms with Crippen LogP contribution in [0.4, 0.5) is 13.2 Å². The van der Waals surface area contributed by atoms with Crippen LogP contribution in [0.3, 0.4) is 0 Å². The Hall–Kier alpha value is -3.89. The zero-order chi connectivity index (χ0) is 28.3. The first-order valence-corrected chi connectivity index (χ1v) is 14.1. The Morgan fingerprint density at radius 1 is 1.00 bits per heavy atom. The average Bonchev–Trinajstić information content (AvgIpc) is 3.68. The number of H-pyrrole nitrogens is 2. The van der Waals surface area contributed by atoms with Crippen molar-refractivity contribution in [3.05, 3.63) is 95.5 Å². The maximum atomic E-state index is 13.5. The third-order valence-electron chi connectivity index (χ3n) is 8.38.